The lowest BCUT2D eigenvalue weighted by atomic mass is 10.1. The first-order valence-corrected chi connectivity index (χ1v) is 9.68. The van der Waals surface area contributed by atoms with Crippen molar-refractivity contribution in [1.82, 2.24) is 10.2 Å². The third-order valence-electron chi connectivity index (χ3n) is 4.27. The largest absolute Gasteiger partial charge is 0.497 e. The molecule has 0 aliphatic rings. The maximum Gasteiger partial charge on any atom is 0.242 e. The molecule has 2 aromatic carbocycles. The number of amides is 2. The van der Waals surface area contributed by atoms with Crippen LogP contribution in [0.25, 0.3) is 0 Å². The Bertz CT molecular complexity index is 777. The van der Waals surface area contributed by atoms with Gasteiger partial charge in [-0.2, -0.15) is 0 Å². The van der Waals surface area contributed by atoms with Gasteiger partial charge in [0, 0.05) is 17.6 Å². The van der Waals surface area contributed by atoms with Crippen LogP contribution in [0.4, 0.5) is 0 Å². The van der Waals surface area contributed by atoms with Crippen LogP contribution in [0.1, 0.15) is 25.0 Å². The molecule has 2 amide bonds. The summed E-state index contributed by atoms with van der Waals surface area (Å²) >= 11 is 3.45. The highest BCUT2D eigenvalue weighted by atomic mass is 79.9. The molecule has 0 spiro atoms. The third kappa shape index (κ3) is 6.10. The van der Waals surface area contributed by atoms with E-state index in [2.05, 4.69) is 21.2 Å². The predicted octanol–water partition coefficient (Wildman–Crippen LogP) is 3.55. The van der Waals surface area contributed by atoms with Crippen LogP contribution >= 0.6 is 15.9 Å². The molecular formula is C21H25BrN2O3. The van der Waals surface area contributed by atoms with Crippen LogP contribution in [-0.2, 0) is 22.6 Å². The molecule has 6 heteroatoms. The average molecular weight is 433 g/mol. The quantitative estimate of drug-likeness (QED) is 0.693. The molecule has 0 saturated carbocycles. The Morgan fingerprint density at radius 2 is 1.85 bits per heavy atom. The SMILES string of the molecule is CCNC(=O)[C@@H](C)N(Cc1cccc(Br)c1)C(=O)Cc1ccc(OC)cc1. The molecule has 0 unspecified atom stereocenters. The van der Waals surface area contributed by atoms with Crippen LogP contribution in [0.3, 0.4) is 0 Å². The Hall–Kier alpha value is -2.34. The normalized spacial score (nSPS) is 11.6. The molecule has 0 saturated heterocycles. The van der Waals surface area contributed by atoms with Crippen molar-refractivity contribution in [3.63, 3.8) is 0 Å². The minimum Gasteiger partial charge on any atom is -0.497 e. The molecule has 0 aromatic heterocycles. The second kappa shape index (κ2) is 10.1. The summed E-state index contributed by atoms with van der Waals surface area (Å²) in [7, 11) is 1.61. The van der Waals surface area contributed by atoms with Crippen LogP contribution < -0.4 is 10.1 Å². The van der Waals surface area contributed by atoms with Crippen molar-refractivity contribution in [3.05, 3.63) is 64.1 Å². The highest BCUT2D eigenvalue weighted by Crippen LogP contribution is 2.17. The summed E-state index contributed by atoms with van der Waals surface area (Å²) in [4.78, 5) is 27.0. The Morgan fingerprint density at radius 1 is 1.15 bits per heavy atom. The molecule has 2 aromatic rings. The summed E-state index contributed by atoms with van der Waals surface area (Å²) in [5, 5.41) is 2.80. The number of benzene rings is 2. The standard InChI is InChI=1S/C21H25BrN2O3/c1-4-23-21(26)15(2)24(14-17-6-5-7-18(22)12-17)20(25)13-16-8-10-19(27-3)11-9-16/h5-12,15H,4,13-14H2,1-3H3,(H,23,26)/t15-/m1/s1. The molecule has 1 N–H and O–H groups in total. The van der Waals surface area contributed by atoms with E-state index in [1.807, 2.05) is 55.5 Å². The van der Waals surface area contributed by atoms with Crippen LogP contribution in [0.15, 0.2) is 53.0 Å². The number of rotatable bonds is 8. The number of halogens is 1. The minimum absolute atomic E-state index is 0.0982. The number of carbonyl (C=O) groups is 2. The van der Waals surface area contributed by atoms with E-state index in [1.165, 1.54) is 0 Å². The zero-order chi connectivity index (χ0) is 19.8. The minimum atomic E-state index is -0.560. The van der Waals surface area contributed by atoms with E-state index in [9.17, 15) is 9.59 Å². The first kappa shape index (κ1) is 21.0. The molecule has 27 heavy (non-hydrogen) atoms. The van der Waals surface area contributed by atoms with Crippen molar-refractivity contribution in [2.75, 3.05) is 13.7 Å². The topological polar surface area (TPSA) is 58.6 Å². The van der Waals surface area contributed by atoms with Gasteiger partial charge < -0.3 is 15.0 Å². The maximum atomic E-state index is 13.0. The Morgan fingerprint density at radius 3 is 2.44 bits per heavy atom. The van der Waals surface area contributed by atoms with Crippen LogP contribution in [0, 0.1) is 0 Å². The van der Waals surface area contributed by atoms with E-state index < -0.39 is 6.04 Å². The van der Waals surface area contributed by atoms with E-state index in [4.69, 9.17) is 4.74 Å². The number of nitrogens with zero attached hydrogens (tertiary/aromatic N) is 1. The number of hydrogen-bond donors (Lipinski definition) is 1. The van der Waals surface area contributed by atoms with Crippen molar-refractivity contribution in [2.45, 2.75) is 32.9 Å². The number of methoxy groups -OCH3 is 1. The van der Waals surface area contributed by atoms with E-state index >= 15 is 0 Å². The van der Waals surface area contributed by atoms with Gasteiger partial charge >= 0.3 is 0 Å². The predicted molar refractivity (Wildman–Crippen MR) is 110 cm³/mol. The fourth-order valence-corrected chi connectivity index (χ4v) is 3.20. The summed E-state index contributed by atoms with van der Waals surface area (Å²) in [6.07, 6.45) is 0.224. The summed E-state index contributed by atoms with van der Waals surface area (Å²) < 4.78 is 6.09. The van der Waals surface area contributed by atoms with Gasteiger partial charge in [-0.3, -0.25) is 9.59 Å². The monoisotopic (exact) mass is 432 g/mol. The van der Waals surface area contributed by atoms with E-state index in [0.29, 0.717) is 13.1 Å². The number of ether oxygens (including phenoxy) is 1. The molecule has 144 valence electrons. The Labute approximate surface area is 168 Å². The van der Waals surface area contributed by atoms with E-state index in [1.54, 1.807) is 18.9 Å². The second-order valence-corrected chi connectivity index (χ2v) is 7.16. The van der Waals surface area contributed by atoms with Crippen molar-refractivity contribution in [1.29, 1.82) is 0 Å². The maximum absolute atomic E-state index is 13.0. The first-order valence-electron chi connectivity index (χ1n) is 8.89. The van der Waals surface area contributed by atoms with Gasteiger partial charge in [0.05, 0.1) is 13.5 Å². The molecule has 2 rings (SSSR count). The molecular weight excluding hydrogens is 408 g/mol. The lowest BCUT2D eigenvalue weighted by Gasteiger charge is -2.29. The van der Waals surface area contributed by atoms with Crippen LogP contribution in [0.2, 0.25) is 0 Å². The van der Waals surface area contributed by atoms with Crippen molar-refractivity contribution in [3.8, 4) is 5.75 Å². The summed E-state index contributed by atoms with van der Waals surface area (Å²) in [6, 6.07) is 14.6. The second-order valence-electron chi connectivity index (χ2n) is 6.25. The Balaban J connectivity index is 2.20. The third-order valence-corrected chi connectivity index (χ3v) is 4.77. The van der Waals surface area contributed by atoms with E-state index in [-0.39, 0.29) is 18.2 Å². The molecule has 0 fully saturated rings. The molecule has 0 aliphatic heterocycles. The fraction of sp³-hybridized carbons (Fsp3) is 0.333. The number of hydrogen-bond acceptors (Lipinski definition) is 3. The van der Waals surface area contributed by atoms with Crippen LogP contribution in [0.5, 0.6) is 5.75 Å². The van der Waals surface area contributed by atoms with Gasteiger partial charge in [-0.25, -0.2) is 0 Å². The van der Waals surface area contributed by atoms with Crippen molar-refractivity contribution >= 4 is 27.7 Å². The van der Waals surface area contributed by atoms with Gasteiger partial charge in [-0.1, -0.05) is 40.2 Å². The summed E-state index contributed by atoms with van der Waals surface area (Å²) in [5.74, 6) is 0.488. The molecule has 0 radical (unpaired) electrons. The molecule has 0 heterocycles. The summed E-state index contributed by atoms with van der Waals surface area (Å²) in [5.41, 5.74) is 1.84. The lowest BCUT2D eigenvalue weighted by Crippen LogP contribution is -2.48. The van der Waals surface area contributed by atoms with E-state index in [0.717, 1.165) is 21.3 Å². The number of likely N-dealkylation sites (N-methyl/N-ethyl adjacent to an activating group) is 1. The van der Waals surface area contributed by atoms with Crippen molar-refractivity contribution < 1.29 is 14.3 Å². The lowest BCUT2D eigenvalue weighted by molar-refractivity contribution is -0.140. The van der Waals surface area contributed by atoms with Gasteiger partial charge in [-0.05, 0) is 49.2 Å². The number of nitrogens with one attached hydrogen (secondary N) is 1. The zero-order valence-electron chi connectivity index (χ0n) is 15.9. The first-order chi connectivity index (χ1) is 12.9. The zero-order valence-corrected chi connectivity index (χ0v) is 17.5. The molecule has 1 atom stereocenters. The summed E-state index contributed by atoms with van der Waals surface area (Å²) in [6.45, 7) is 4.52. The average Bonchev–Trinajstić information content (AvgIpc) is 2.66. The van der Waals surface area contributed by atoms with Gasteiger partial charge in [0.1, 0.15) is 11.8 Å². The molecule has 0 bridgehead atoms. The highest BCUT2D eigenvalue weighted by Gasteiger charge is 2.25. The smallest absolute Gasteiger partial charge is 0.242 e. The van der Waals surface area contributed by atoms with Crippen LogP contribution in [-0.4, -0.2) is 36.4 Å². The van der Waals surface area contributed by atoms with Gasteiger partial charge in [0.15, 0.2) is 0 Å². The highest BCUT2D eigenvalue weighted by molar-refractivity contribution is 9.10. The Kier molecular flexibility index (Phi) is 7.85. The molecule has 5 nitrogen and oxygen atoms in total. The van der Waals surface area contributed by atoms with Gasteiger partial charge in [0.2, 0.25) is 11.8 Å². The van der Waals surface area contributed by atoms with Crippen molar-refractivity contribution in [2.24, 2.45) is 0 Å². The van der Waals surface area contributed by atoms with Gasteiger partial charge in [-0.15, -0.1) is 0 Å². The van der Waals surface area contributed by atoms with Gasteiger partial charge in [0.25, 0.3) is 0 Å². The number of carbonyl (C=O) groups excluding carboxylic acids is 2. The fourth-order valence-electron chi connectivity index (χ4n) is 2.76. The molecule has 0 aliphatic carbocycles.